The van der Waals surface area contributed by atoms with E-state index in [1.165, 1.54) is 10.1 Å². The minimum Gasteiger partial charge on any atom is -0.383 e. The first-order chi connectivity index (χ1) is 13.4. The van der Waals surface area contributed by atoms with Gasteiger partial charge in [0.25, 0.3) is 5.56 Å². The lowest BCUT2D eigenvalue weighted by Crippen LogP contribution is -2.38. The first kappa shape index (κ1) is 19.7. The predicted octanol–water partition coefficient (Wildman–Crippen LogP) is 1.33. The molecule has 2 aromatic rings. The number of aromatic nitrogens is 2. The second kappa shape index (κ2) is 8.33. The molecule has 0 aliphatic carbocycles. The molecule has 0 atom stereocenters. The van der Waals surface area contributed by atoms with Crippen molar-refractivity contribution in [2.24, 2.45) is 0 Å². The second-order valence-corrected chi connectivity index (χ2v) is 7.09. The molecule has 0 saturated heterocycles. The average Bonchev–Trinajstić information content (AvgIpc) is 3.10. The van der Waals surface area contributed by atoms with E-state index in [0.717, 1.165) is 24.9 Å². The van der Waals surface area contributed by atoms with Gasteiger partial charge in [-0.2, -0.15) is 0 Å². The number of hydrogen-bond acceptors (Lipinski definition) is 5. The number of nitrogens with two attached hydrogens (primary N) is 1. The van der Waals surface area contributed by atoms with Crippen LogP contribution in [0.15, 0.2) is 33.9 Å². The van der Waals surface area contributed by atoms with Crippen LogP contribution in [0, 0.1) is 0 Å². The van der Waals surface area contributed by atoms with Gasteiger partial charge in [-0.3, -0.25) is 19.1 Å². The van der Waals surface area contributed by atoms with Crippen LogP contribution in [0.3, 0.4) is 0 Å². The number of nitrogens with one attached hydrogen (secondary N) is 1. The molecule has 0 radical (unpaired) electrons. The molecule has 3 rings (SSSR count). The summed E-state index contributed by atoms with van der Waals surface area (Å²) in [6, 6.07) is 7.89. The Balaban J connectivity index is 1.73. The van der Waals surface area contributed by atoms with Gasteiger partial charge in [-0.25, -0.2) is 4.79 Å². The van der Waals surface area contributed by atoms with E-state index in [-0.39, 0.29) is 23.8 Å². The maximum absolute atomic E-state index is 12.7. The average molecular weight is 385 g/mol. The Morgan fingerprint density at radius 1 is 1.29 bits per heavy atom. The van der Waals surface area contributed by atoms with E-state index in [1.54, 1.807) is 16.8 Å². The fraction of sp³-hybridized carbons (Fsp3) is 0.450. The zero-order chi connectivity index (χ0) is 20.3. The third-order valence-corrected chi connectivity index (χ3v) is 5.18. The van der Waals surface area contributed by atoms with Gasteiger partial charge in [-0.1, -0.05) is 31.5 Å². The monoisotopic (exact) mass is 385 g/mol. The standard InChI is InChI=1S/C20H27N5O3/c1-3-4-11-25-18(21)17(19(27)22-20(25)28)23(2)12-10-16(26)24-13-9-14-7-5-6-8-15(14)24/h5-8H,3-4,9-13,21H2,1-2H3,(H,22,27,28). The van der Waals surface area contributed by atoms with Gasteiger partial charge in [0.05, 0.1) is 0 Å². The van der Waals surface area contributed by atoms with Crippen molar-refractivity contribution in [2.45, 2.75) is 39.2 Å². The van der Waals surface area contributed by atoms with E-state index in [4.69, 9.17) is 5.73 Å². The first-order valence-corrected chi connectivity index (χ1v) is 9.66. The van der Waals surface area contributed by atoms with Gasteiger partial charge < -0.3 is 15.5 Å². The van der Waals surface area contributed by atoms with Crippen LogP contribution in [0.5, 0.6) is 0 Å². The maximum Gasteiger partial charge on any atom is 0.330 e. The third-order valence-electron chi connectivity index (χ3n) is 5.18. The second-order valence-electron chi connectivity index (χ2n) is 7.09. The van der Waals surface area contributed by atoms with Crippen molar-refractivity contribution in [3.63, 3.8) is 0 Å². The summed E-state index contributed by atoms with van der Waals surface area (Å²) in [4.78, 5) is 42.8. The molecule has 8 nitrogen and oxygen atoms in total. The molecule has 0 saturated carbocycles. The van der Waals surface area contributed by atoms with Crippen LogP contribution in [0.1, 0.15) is 31.7 Å². The van der Waals surface area contributed by atoms with E-state index < -0.39 is 11.2 Å². The van der Waals surface area contributed by atoms with E-state index in [9.17, 15) is 14.4 Å². The largest absolute Gasteiger partial charge is 0.383 e. The van der Waals surface area contributed by atoms with Gasteiger partial charge in [-0.05, 0) is 24.5 Å². The number of anilines is 3. The van der Waals surface area contributed by atoms with Crippen LogP contribution in [0.2, 0.25) is 0 Å². The van der Waals surface area contributed by atoms with Crippen LogP contribution in [0.4, 0.5) is 17.2 Å². The highest BCUT2D eigenvalue weighted by Crippen LogP contribution is 2.28. The van der Waals surface area contributed by atoms with E-state index >= 15 is 0 Å². The molecular weight excluding hydrogens is 358 g/mol. The lowest BCUT2D eigenvalue weighted by Gasteiger charge is -2.23. The quantitative estimate of drug-likeness (QED) is 0.748. The molecular formula is C20H27N5O3. The maximum atomic E-state index is 12.7. The molecule has 28 heavy (non-hydrogen) atoms. The highest BCUT2D eigenvalue weighted by molar-refractivity contribution is 5.95. The zero-order valence-electron chi connectivity index (χ0n) is 16.4. The molecule has 8 heteroatoms. The van der Waals surface area contributed by atoms with E-state index in [0.29, 0.717) is 19.6 Å². The lowest BCUT2D eigenvalue weighted by atomic mass is 10.2. The molecule has 150 valence electrons. The number of fused-ring (bicyclic) bond motifs is 1. The summed E-state index contributed by atoms with van der Waals surface area (Å²) in [5.74, 6) is 0.148. The number of aromatic amines is 1. The summed E-state index contributed by atoms with van der Waals surface area (Å²) < 4.78 is 1.38. The fourth-order valence-corrected chi connectivity index (χ4v) is 3.59. The Morgan fingerprint density at radius 2 is 2.04 bits per heavy atom. The Bertz CT molecular complexity index is 979. The Kier molecular flexibility index (Phi) is 5.87. The van der Waals surface area contributed by atoms with Crippen molar-refractivity contribution in [3.05, 3.63) is 50.7 Å². The Labute approximate surface area is 163 Å². The minimum absolute atomic E-state index is 0.00565. The molecule has 1 amide bonds. The topological polar surface area (TPSA) is 104 Å². The molecule has 0 fully saturated rings. The predicted molar refractivity (Wildman–Crippen MR) is 111 cm³/mol. The van der Waals surface area contributed by atoms with Crippen LogP contribution >= 0.6 is 0 Å². The van der Waals surface area contributed by atoms with Crippen molar-refractivity contribution in [3.8, 4) is 0 Å². The van der Waals surface area contributed by atoms with Crippen molar-refractivity contribution >= 4 is 23.1 Å². The van der Waals surface area contributed by atoms with Gasteiger partial charge in [0, 0.05) is 38.8 Å². The molecule has 3 N–H and O–H groups in total. The molecule has 2 heterocycles. The number of amides is 1. The number of rotatable bonds is 7. The molecule has 0 spiro atoms. The van der Waals surface area contributed by atoms with Gasteiger partial charge in [0.2, 0.25) is 5.91 Å². The SMILES string of the molecule is CCCCn1c(N)c(N(C)CCC(=O)N2CCc3ccccc32)c(=O)[nH]c1=O. The number of carbonyl (C=O) groups excluding carboxylic acids is 1. The van der Waals surface area contributed by atoms with E-state index in [1.807, 2.05) is 31.2 Å². The number of unbranched alkanes of at least 4 members (excludes halogenated alkanes) is 1. The lowest BCUT2D eigenvalue weighted by molar-refractivity contribution is -0.118. The van der Waals surface area contributed by atoms with Crippen LogP contribution in [0.25, 0.3) is 0 Å². The van der Waals surface area contributed by atoms with Crippen LogP contribution < -0.4 is 26.8 Å². The summed E-state index contributed by atoms with van der Waals surface area (Å²) in [5.41, 5.74) is 7.45. The molecule has 1 aromatic heterocycles. The number of carbonyl (C=O) groups is 1. The summed E-state index contributed by atoms with van der Waals surface area (Å²) in [6.07, 6.45) is 2.79. The van der Waals surface area contributed by atoms with Crippen molar-refractivity contribution in [2.75, 3.05) is 35.7 Å². The minimum atomic E-state index is -0.531. The van der Waals surface area contributed by atoms with Gasteiger partial charge in [0.15, 0.2) is 0 Å². The number of benzene rings is 1. The normalized spacial score (nSPS) is 12.9. The highest BCUT2D eigenvalue weighted by Gasteiger charge is 2.24. The summed E-state index contributed by atoms with van der Waals surface area (Å²) in [5, 5.41) is 0. The van der Waals surface area contributed by atoms with Crippen molar-refractivity contribution in [1.82, 2.24) is 9.55 Å². The first-order valence-electron chi connectivity index (χ1n) is 9.66. The number of H-pyrrole nitrogens is 1. The zero-order valence-corrected chi connectivity index (χ0v) is 16.4. The van der Waals surface area contributed by atoms with Crippen LogP contribution in [-0.4, -0.2) is 35.6 Å². The molecule has 0 bridgehead atoms. The van der Waals surface area contributed by atoms with Gasteiger partial charge in [-0.15, -0.1) is 0 Å². The van der Waals surface area contributed by atoms with Gasteiger partial charge in [0.1, 0.15) is 11.5 Å². The van der Waals surface area contributed by atoms with E-state index in [2.05, 4.69) is 4.98 Å². The molecule has 1 aliphatic heterocycles. The Hall–Kier alpha value is -3.03. The number of nitrogens with zero attached hydrogens (tertiary/aromatic N) is 3. The molecule has 0 unspecified atom stereocenters. The van der Waals surface area contributed by atoms with Crippen molar-refractivity contribution < 1.29 is 4.79 Å². The Morgan fingerprint density at radius 3 is 2.79 bits per heavy atom. The molecule has 1 aliphatic rings. The van der Waals surface area contributed by atoms with Crippen molar-refractivity contribution in [1.29, 1.82) is 0 Å². The molecule has 1 aromatic carbocycles. The number of hydrogen-bond donors (Lipinski definition) is 2. The smallest absolute Gasteiger partial charge is 0.330 e. The fourth-order valence-electron chi connectivity index (χ4n) is 3.59. The summed E-state index contributed by atoms with van der Waals surface area (Å²) >= 11 is 0. The third kappa shape index (κ3) is 3.81. The summed E-state index contributed by atoms with van der Waals surface area (Å²) in [7, 11) is 1.71. The number of nitrogen functional groups attached to an aromatic ring is 1. The van der Waals surface area contributed by atoms with Gasteiger partial charge >= 0.3 is 5.69 Å². The highest BCUT2D eigenvalue weighted by atomic mass is 16.2. The number of para-hydroxylation sites is 1. The summed E-state index contributed by atoms with van der Waals surface area (Å²) in [6.45, 7) is 3.47. The van der Waals surface area contributed by atoms with Crippen LogP contribution in [-0.2, 0) is 17.8 Å².